The molecule has 5 nitrogen and oxygen atoms in total. The SMILES string of the molecule is CC#CCNC(=O)c1sc(NC2CCC2)nc1N. The maximum absolute atomic E-state index is 11.8. The Morgan fingerprint density at radius 1 is 1.61 bits per heavy atom. The lowest BCUT2D eigenvalue weighted by Gasteiger charge is -2.25. The summed E-state index contributed by atoms with van der Waals surface area (Å²) in [7, 11) is 0. The third-order valence-corrected chi connectivity index (χ3v) is 3.81. The number of carbonyl (C=O) groups is 1. The van der Waals surface area contributed by atoms with Crippen molar-refractivity contribution in [1.82, 2.24) is 10.3 Å². The number of nitrogens with two attached hydrogens (primary N) is 1. The maximum atomic E-state index is 11.8. The standard InChI is InChI=1S/C12H16N4OS/c1-2-3-7-14-11(17)9-10(13)16-12(18-9)15-8-5-4-6-8/h8H,4-7,13H2,1H3,(H,14,17)(H,15,16). The second kappa shape index (κ2) is 5.74. The number of nitrogens with zero attached hydrogens (tertiary/aromatic N) is 1. The Balaban J connectivity index is 1.97. The first-order chi connectivity index (χ1) is 8.70. The Bertz CT molecular complexity index is 496. The highest BCUT2D eigenvalue weighted by Crippen LogP contribution is 2.29. The Labute approximate surface area is 110 Å². The molecule has 1 aliphatic carbocycles. The number of amides is 1. The van der Waals surface area contributed by atoms with Gasteiger partial charge in [-0.25, -0.2) is 4.98 Å². The number of carbonyl (C=O) groups excluding carboxylic acids is 1. The third kappa shape index (κ3) is 2.93. The number of anilines is 2. The van der Waals surface area contributed by atoms with Crippen LogP contribution in [0.3, 0.4) is 0 Å². The van der Waals surface area contributed by atoms with Crippen LogP contribution in [0.5, 0.6) is 0 Å². The van der Waals surface area contributed by atoms with E-state index in [-0.39, 0.29) is 11.7 Å². The third-order valence-electron chi connectivity index (χ3n) is 2.81. The van der Waals surface area contributed by atoms with E-state index in [1.54, 1.807) is 6.92 Å². The van der Waals surface area contributed by atoms with Gasteiger partial charge in [-0.3, -0.25) is 4.79 Å². The van der Waals surface area contributed by atoms with E-state index in [0.29, 0.717) is 17.5 Å². The molecule has 2 rings (SSSR count). The van der Waals surface area contributed by atoms with Crippen molar-refractivity contribution in [2.24, 2.45) is 0 Å². The molecule has 0 aliphatic heterocycles. The van der Waals surface area contributed by atoms with Crippen LogP contribution in [0.2, 0.25) is 0 Å². The summed E-state index contributed by atoms with van der Waals surface area (Å²) in [5.41, 5.74) is 5.74. The van der Waals surface area contributed by atoms with Crippen LogP contribution in [0.1, 0.15) is 35.9 Å². The molecule has 1 saturated carbocycles. The van der Waals surface area contributed by atoms with Gasteiger partial charge < -0.3 is 16.4 Å². The van der Waals surface area contributed by atoms with Gasteiger partial charge in [-0.05, 0) is 26.2 Å². The zero-order valence-corrected chi connectivity index (χ0v) is 11.1. The number of aromatic nitrogens is 1. The molecule has 0 bridgehead atoms. The molecule has 4 N–H and O–H groups in total. The summed E-state index contributed by atoms with van der Waals surface area (Å²) in [6, 6.07) is 0.484. The van der Waals surface area contributed by atoms with Crippen LogP contribution < -0.4 is 16.4 Å². The molecule has 1 aromatic rings. The molecule has 0 unspecified atom stereocenters. The Morgan fingerprint density at radius 2 is 2.39 bits per heavy atom. The monoisotopic (exact) mass is 264 g/mol. The summed E-state index contributed by atoms with van der Waals surface area (Å²) in [4.78, 5) is 16.4. The molecular formula is C12H16N4OS. The van der Waals surface area contributed by atoms with Crippen LogP contribution in [0.25, 0.3) is 0 Å². The first-order valence-corrected chi connectivity index (χ1v) is 6.73. The summed E-state index contributed by atoms with van der Waals surface area (Å²) in [5, 5.41) is 6.69. The fourth-order valence-electron chi connectivity index (χ4n) is 1.58. The van der Waals surface area contributed by atoms with Crippen LogP contribution in [-0.4, -0.2) is 23.5 Å². The molecule has 1 amide bonds. The highest BCUT2D eigenvalue weighted by atomic mass is 32.1. The van der Waals surface area contributed by atoms with Crippen molar-refractivity contribution in [3.63, 3.8) is 0 Å². The largest absolute Gasteiger partial charge is 0.382 e. The topological polar surface area (TPSA) is 80.0 Å². The van der Waals surface area contributed by atoms with Gasteiger partial charge >= 0.3 is 0 Å². The van der Waals surface area contributed by atoms with Gasteiger partial charge in [0, 0.05) is 6.04 Å². The minimum absolute atomic E-state index is 0.214. The van der Waals surface area contributed by atoms with Crippen LogP contribution in [-0.2, 0) is 0 Å². The van der Waals surface area contributed by atoms with E-state index >= 15 is 0 Å². The van der Waals surface area contributed by atoms with Crippen molar-refractivity contribution in [1.29, 1.82) is 0 Å². The van der Waals surface area contributed by atoms with Crippen LogP contribution in [0, 0.1) is 11.8 Å². The first-order valence-electron chi connectivity index (χ1n) is 5.91. The fraction of sp³-hybridized carbons (Fsp3) is 0.500. The predicted octanol–water partition coefficient (Wildman–Crippen LogP) is 1.44. The van der Waals surface area contributed by atoms with Gasteiger partial charge in [0.05, 0.1) is 6.54 Å². The van der Waals surface area contributed by atoms with E-state index in [9.17, 15) is 4.79 Å². The molecule has 0 spiro atoms. The van der Waals surface area contributed by atoms with Crippen molar-refractivity contribution in [2.75, 3.05) is 17.6 Å². The number of hydrogen-bond donors (Lipinski definition) is 3. The molecule has 0 saturated heterocycles. The highest BCUT2D eigenvalue weighted by molar-refractivity contribution is 7.18. The molecule has 18 heavy (non-hydrogen) atoms. The summed E-state index contributed by atoms with van der Waals surface area (Å²) in [5.74, 6) is 5.55. The van der Waals surface area contributed by atoms with E-state index in [2.05, 4.69) is 27.5 Å². The summed E-state index contributed by atoms with van der Waals surface area (Å²) < 4.78 is 0. The lowest BCUT2D eigenvalue weighted by molar-refractivity contribution is 0.0963. The van der Waals surface area contributed by atoms with Crippen molar-refractivity contribution in [3.05, 3.63) is 4.88 Å². The van der Waals surface area contributed by atoms with Gasteiger partial charge in [0.2, 0.25) is 0 Å². The normalized spacial score (nSPS) is 14.3. The quantitative estimate of drug-likeness (QED) is 0.719. The highest BCUT2D eigenvalue weighted by Gasteiger charge is 2.21. The first kappa shape index (κ1) is 12.7. The van der Waals surface area contributed by atoms with Crippen LogP contribution in [0.15, 0.2) is 0 Å². The van der Waals surface area contributed by atoms with E-state index < -0.39 is 0 Å². The maximum Gasteiger partial charge on any atom is 0.266 e. The molecule has 0 atom stereocenters. The minimum atomic E-state index is -0.214. The predicted molar refractivity (Wildman–Crippen MR) is 73.6 cm³/mol. The molecular weight excluding hydrogens is 248 g/mol. The number of thiazole rings is 1. The number of nitrogen functional groups attached to an aromatic ring is 1. The van der Waals surface area contributed by atoms with Crippen LogP contribution >= 0.6 is 11.3 Å². The van der Waals surface area contributed by atoms with E-state index in [0.717, 1.165) is 18.0 Å². The molecule has 1 aliphatic rings. The zero-order chi connectivity index (χ0) is 13.0. The van der Waals surface area contributed by atoms with E-state index in [1.807, 2.05) is 0 Å². The lowest BCUT2D eigenvalue weighted by Crippen LogP contribution is -2.26. The van der Waals surface area contributed by atoms with Crippen molar-refractivity contribution < 1.29 is 4.79 Å². The zero-order valence-electron chi connectivity index (χ0n) is 10.2. The summed E-state index contributed by atoms with van der Waals surface area (Å²) >= 11 is 1.30. The van der Waals surface area contributed by atoms with Crippen molar-refractivity contribution >= 4 is 28.2 Å². The average Bonchev–Trinajstić information content (AvgIpc) is 2.65. The fourth-order valence-corrected chi connectivity index (χ4v) is 2.45. The van der Waals surface area contributed by atoms with Crippen LogP contribution in [0.4, 0.5) is 10.9 Å². The number of rotatable bonds is 4. The molecule has 0 aromatic carbocycles. The summed E-state index contributed by atoms with van der Waals surface area (Å²) in [6.45, 7) is 2.06. The van der Waals surface area contributed by atoms with Gasteiger partial charge in [-0.2, -0.15) is 0 Å². The van der Waals surface area contributed by atoms with Gasteiger partial charge in [0.15, 0.2) is 5.13 Å². The summed E-state index contributed by atoms with van der Waals surface area (Å²) in [6.07, 6.45) is 3.57. The average molecular weight is 264 g/mol. The lowest BCUT2D eigenvalue weighted by atomic mass is 9.93. The number of nitrogens with one attached hydrogen (secondary N) is 2. The molecule has 1 heterocycles. The second-order valence-electron chi connectivity index (χ2n) is 4.12. The molecule has 6 heteroatoms. The smallest absolute Gasteiger partial charge is 0.266 e. The molecule has 96 valence electrons. The minimum Gasteiger partial charge on any atom is -0.382 e. The molecule has 1 aromatic heterocycles. The van der Waals surface area contributed by atoms with Gasteiger partial charge in [0.25, 0.3) is 5.91 Å². The van der Waals surface area contributed by atoms with E-state index in [1.165, 1.54) is 17.8 Å². The van der Waals surface area contributed by atoms with E-state index in [4.69, 9.17) is 5.73 Å². The van der Waals surface area contributed by atoms with Crippen molar-refractivity contribution in [3.8, 4) is 11.8 Å². The Hall–Kier alpha value is -1.74. The van der Waals surface area contributed by atoms with Gasteiger partial charge in [-0.15, -0.1) is 5.92 Å². The Kier molecular flexibility index (Phi) is 4.05. The Morgan fingerprint density at radius 3 is 3.00 bits per heavy atom. The van der Waals surface area contributed by atoms with Crippen molar-refractivity contribution in [2.45, 2.75) is 32.2 Å². The van der Waals surface area contributed by atoms with Gasteiger partial charge in [-0.1, -0.05) is 17.3 Å². The second-order valence-corrected chi connectivity index (χ2v) is 5.11. The van der Waals surface area contributed by atoms with Gasteiger partial charge in [0.1, 0.15) is 10.7 Å². The number of hydrogen-bond acceptors (Lipinski definition) is 5. The molecule has 0 radical (unpaired) electrons. The molecule has 1 fully saturated rings.